The molecular formula is C18H21NO. The molecule has 2 aromatic rings. The van der Waals surface area contributed by atoms with Crippen LogP contribution in [-0.2, 0) is 0 Å². The highest BCUT2D eigenvalue weighted by molar-refractivity contribution is 5.66. The topological polar surface area (TPSA) is 12.5 Å². The SMILES string of the molecule is COc1ccc(-c2ccccc2)cc1C1CCN(C)C1. The van der Waals surface area contributed by atoms with E-state index in [-0.39, 0.29) is 0 Å². The molecule has 3 rings (SSSR count). The highest BCUT2D eigenvalue weighted by Crippen LogP contribution is 2.36. The van der Waals surface area contributed by atoms with E-state index in [9.17, 15) is 0 Å². The number of hydrogen-bond acceptors (Lipinski definition) is 2. The molecule has 1 saturated heterocycles. The van der Waals surface area contributed by atoms with Crippen LogP contribution < -0.4 is 4.74 Å². The average Bonchev–Trinajstić information content (AvgIpc) is 2.94. The highest BCUT2D eigenvalue weighted by atomic mass is 16.5. The smallest absolute Gasteiger partial charge is 0.122 e. The summed E-state index contributed by atoms with van der Waals surface area (Å²) in [6.45, 7) is 2.29. The normalized spacial score (nSPS) is 19.2. The van der Waals surface area contributed by atoms with Crippen LogP contribution in [-0.4, -0.2) is 32.1 Å². The summed E-state index contributed by atoms with van der Waals surface area (Å²) in [7, 11) is 3.95. The van der Waals surface area contributed by atoms with Gasteiger partial charge < -0.3 is 9.64 Å². The number of ether oxygens (including phenoxy) is 1. The number of benzene rings is 2. The Balaban J connectivity index is 1.99. The summed E-state index contributed by atoms with van der Waals surface area (Å²) >= 11 is 0. The molecule has 0 saturated carbocycles. The van der Waals surface area contributed by atoms with Crippen LogP contribution in [0.5, 0.6) is 5.75 Å². The highest BCUT2D eigenvalue weighted by Gasteiger charge is 2.24. The van der Waals surface area contributed by atoms with Crippen LogP contribution in [0.2, 0.25) is 0 Å². The molecule has 2 heteroatoms. The molecule has 0 bridgehead atoms. The fourth-order valence-corrected chi connectivity index (χ4v) is 3.05. The Morgan fingerprint density at radius 3 is 2.50 bits per heavy atom. The van der Waals surface area contributed by atoms with E-state index in [0.29, 0.717) is 5.92 Å². The van der Waals surface area contributed by atoms with Gasteiger partial charge in [-0.2, -0.15) is 0 Å². The van der Waals surface area contributed by atoms with Crippen molar-refractivity contribution < 1.29 is 4.74 Å². The molecule has 0 radical (unpaired) electrons. The molecular weight excluding hydrogens is 246 g/mol. The second kappa shape index (κ2) is 5.68. The molecule has 0 spiro atoms. The van der Waals surface area contributed by atoms with Crippen molar-refractivity contribution in [3.8, 4) is 16.9 Å². The lowest BCUT2D eigenvalue weighted by molar-refractivity contribution is 0.395. The molecule has 1 aliphatic rings. The summed E-state index contributed by atoms with van der Waals surface area (Å²) in [4.78, 5) is 2.39. The van der Waals surface area contributed by atoms with E-state index in [2.05, 4.69) is 60.5 Å². The van der Waals surface area contributed by atoms with Gasteiger partial charge in [-0.1, -0.05) is 36.4 Å². The summed E-state index contributed by atoms with van der Waals surface area (Å²) in [5.41, 5.74) is 3.89. The van der Waals surface area contributed by atoms with E-state index in [1.54, 1.807) is 7.11 Å². The standard InChI is InChI=1S/C18H21NO/c1-19-11-10-16(13-19)17-12-15(8-9-18(17)20-2)14-6-4-3-5-7-14/h3-9,12,16H,10-11,13H2,1-2H3. The summed E-state index contributed by atoms with van der Waals surface area (Å²) in [6, 6.07) is 17.1. The Kier molecular flexibility index (Phi) is 3.75. The monoisotopic (exact) mass is 267 g/mol. The van der Waals surface area contributed by atoms with Gasteiger partial charge in [0.05, 0.1) is 7.11 Å². The second-order valence-corrected chi connectivity index (χ2v) is 5.57. The molecule has 1 atom stereocenters. The van der Waals surface area contributed by atoms with Crippen molar-refractivity contribution in [2.75, 3.05) is 27.2 Å². The quantitative estimate of drug-likeness (QED) is 0.839. The first-order valence-corrected chi connectivity index (χ1v) is 7.20. The number of rotatable bonds is 3. The zero-order chi connectivity index (χ0) is 13.9. The molecule has 1 fully saturated rings. The molecule has 1 unspecified atom stereocenters. The van der Waals surface area contributed by atoms with Gasteiger partial charge in [-0.05, 0) is 48.8 Å². The number of methoxy groups -OCH3 is 1. The Labute approximate surface area is 121 Å². The fraction of sp³-hybridized carbons (Fsp3) is 0.333. The van der Waals surface area contributed by atoms with Gasteiger partial charge in [0, 0.05) is 12.5 Å². The van der Waals surface area contributed by atoms with Gasteiger partial charge >= 0.3 is 0 Å². The Hall–Kier alpha value is -1.80. The molecule has 104 valence electrons. The van der Waals surface area contributed by atoms with Crippen LogP contribution in [0.3, 0.4) is 0 Å². The van der Waals surface area contributed by atoms with Gasteiger partial charge in [-0.15, -0.1) is 0 Å². The Morgan fingerprint density at radius 1 is 1.05 bits per heavy atom. The molecule has 0 N–H and O–H groups in total. The molecule has 20 heavy (non-hydrogen) atoms. The zero-order valence-electron chi connectivity index (χ0n) is 12.2. The summed E-state index contributed by atoms with van der Waals surface area (Å²) in [6.07, 6.45) is 1.21. The van der Waals surface area contributed by atoms with Gasteiger partial charge in [0.25, 0.3) is 0 Å². The first-order chi connectivity index (χ1) is 9.78. The molecule has 2 aromatic carbocycles. The van der Waals surface area contributed by atoms with Crippen LogP contribution in [0.4, 0.5) is 0 Å². The number of nitrogens with zero attached hydrogens (tertiary/aromatic N) is 1. The van der Waals surface area contributed by atoms with Crippen LogP contribution in [0.1, 0.15) is 17.9 Å². The third-order valence-electron chi connectivity index (χ3n) is 4.17. The largest absolute Gasteiger partial charge is 0.496 e. The van der Waals surface area contributed by atoms with Crippen LogP contribution >= 0.6 is 0 Å². The number of likely N-dealkylation sites (tertiary alicyclic amines) is 1. The van der Waals surface area contributed by atoms with E-state index in [4.69, 9.17) is 4.74 Å². The van der Waals surface area contributed by atoms with Crippen molar-refractivity contribution in [1.29, 1.82) is 0 Å². The van der Waals surface area contributed by atoms with Gasteiger partial charge in [0.2, 0.25) is 0 Å². The molecule has 0 amide bonds. The van der Waals surface area contributed by atoms with Gasteiger partial charge in [-0.3, -0.25) is 0 Å². The van der Waals surface area contributed by atoms with Crippen LogP contribution in [0.25, 0.3) is 11.1 Å². The van der Waals surface area contributed by atoms with Crippen molar-refractivity contribution in [2.24, 2.45) is 0 Å². The van der Waals surface area contributed by atoms with Crippen molar-refractivity contribution in [3.63, 3.8) is 0 Å². The minimum atomic E-state index is 0.582. The maximum atomic E-state index is 5.57. The lowest BCUT2D eigenvalue weighted by Crippen LogP contribution is -2.13. The van der Waals surface area contributed by atoms with Gasteiger partial charge in [0.15, 0.2) is 0 Å². The zero-order valence-corrected chi connectivity index (χ0v) is 12.2. The van der Waals surface area contributed by atoms with Crippen molar-refractivity contribution >= 4 is 0 Å². The van der Waals surface area contributed by atoms with E-state index >= 15 is 0 Å². The van der Waals surface area contributed by atoms with Gasteiger partial charge in [-0.25, -0.2) is 0 Å². The van der Waals surface area contributed by atoms with Crippen LogP contribution in [0, 0.1) is 0 Å². The lowest BCUT2D eigenvalue weighted by Gasteiger charge is -2.16. The van der Waals surface area contributed by atoms with E-state index < -0.39 is 0 Å². The van der Waals surface area contributed by atoms with Crippen molar-refractivity contribution in [1.82, 2.24) is 4.90 Å². The predicted octanol–water partition coefficient (Wildman–Crippen LogP) is 3.78. The maximum Gasteiger partial charge on any atom is 0.122 e. The minimum absolute atomic E-state index is 0.582. The fourth-order valence-electron chi connectivity index (χ4n) is 3.05. The average molecular weight is 267 g/mol. The lowest BCUT2D eigenvalue weighted by atomic mass is 9.93. The van der Waals surface area contributed by atoms with Crippen molar-refractivity contribution in [3.05, 3.63) is 54.1 Å². The first-order valence-electron chi connectivity index (χ1n) is 7.20. The molecule has 1 aliphatic heterocycles. The third-order valence-corrected chi connectivity index (χ3v) is 4.17. The van der Waals surface area contributed by atoms with E-state index in [1.807, 2.05) is 0 Å². The molecule has 2 nitrogen and oxygen atoms in total. The predicted molar refractivity (Wildman–Crippen MR) is 83.3 cm³/mol. The second-order valence-electron chi connectivity index (χ2n) is 5.57. The third kappa shape index (κ3) is 2.56. The minimum Gasteiger partial charge on any atom is -0.496 e. The molecule has 1 heterocycles. The summed E-state index contributed by atoms with van der Waals surface area (Å²) in [5.74, 6) is 1.60. The van der Waals surface area contributed by atoms with E-state index in [1.165, 1.54) is 29.7 Å². The van der Waals surface area contributed by atoms with Crippen molar-refractivity contribution in [2.45, 2.75) is 12.3 Å². The number of hydrogen-bond donors (Lipinski definition) is 0. The Bertz CT molecular complexity index is 579. The summed E-state index contributed by atoms with van der Waals surface area (Å²) < 4.78 is 5.57. The molecule has 0 aromatic heterocycles. The Morgan fingerprint density at radius 2 is 1.85 bits per heavy atom. The molecule has 0 aliphatic carbocycles. The first kappa shape index (κ1) is 13.2. The maximum absolute atomic E-state index is 5.57. The van der Waals surface area contributed by atoms with E-state index in [0.717, 1.165) is 12.3 Å². The summed E-state index contributed by atoms with van der Waals surface area (Å²) in [5, 5.41) is 0. The van der Waals surface area contributed by atoms with Gasteiger partial charge in [0.1, 0.15) is 5.75 Å². The number of likely N-dealkylation sites (N-methyl/N-ethyl adjacent to an activating group) is 1. The van der Waals surface area contributed by atoms with Crippen LogP contribution in [0.15, 0.2) is 48.5 Å².